The van der Waals surface area contributed by atoms with Gasteiger partial charge >= 0.3 is 0 Å². The highest BCUT2D eigenvalue weighted by Crippen LogP contribution is 2.45. The van der Waals surface area contributed by atoms with Gasteiger partial charge in [-0.2, -0.15) is 0 Å². The molecule has 0 spiro atoms. The number of halogens is 1. The van der Waals surface area contributed by atoms with Gasteiger partial charge in [0, 0.05) is 28.6 Å². The Morgan fingerprint density at radius 2 is 1.50 bits per heavy atom. The van der Waals surface area contributed by atoms with Gasteiger partial charge in [-0.25, -0.2) is 4.39 Å². The Bertz CT molecular complexity index is 1490. The number of aromatic nitrogens is 1. The molecular weight excluding hydrogens is 423 g/mol. The number of aromatic amines is 1. The van der Waals surface area contributed by atoms with Crippen molar-refractivity contribution in [3.05, 3.63) is 131 Å². The molecule has 1 amide bonds. The fourth-order valence-electron chi connectivity index (χ4n) is 5.10. The van der Waals surface area contributed by atoms with Gasteiger partial charge in [0.1, 0.15) is 5.82 Å². The minimum atomic E-state index is -0.271. The number of rotatable bonds is 5. The number of hydrogen-bond donors (Lipinski definition) is 1. The number of nitrogens with zero attached hydrogens (tertiary/aromatic N) is 1. The predicted molar refractivity (Wildman–Crippen MR) is 133 cm³/mol. The molecule has 1 atom stereocenters. The van der Waals surface area contributed by atoms with Gasteiger partial charge < -0.3 is 9.88 Å². The Morgan fingerprint density at radius 3 is 2.32 bits per heavy atom. The van der Waals surface area contributed by atoms with E-state index in [1.54, 1.807) is 12.1 Å². The maximum atomic E-state index is 13.7. The molecule has 1 aliphatic rings. The third-order valence-corrected chi connectivity index (χ3v) is 6.70. The van der Waals surface area contributed by atoms with Crippen LogP contribution in [0.4, 0.5) is 4.39 Å². The molecule has 1 aromatic heterocycles. The number of amides is 1. The largest absolute Gasteiger partial charge is 0.354 e. The Labute approximate surface area is 197 Å². The third kappa shape index (κ3) is 3.39. The molecule has 0 saturated heterocycles. The smallest absolute Gasteiger partial charge is 0.255 e. The quantitative estimate of drug-likeness (QED) is 0.318. The Hall–Kier alpha value is -4.18. The summed E-state index contributed by atoms with van der Waals surface area (Å²) in [6.45, 7) is 0.602. The average molecular weight is 447 g/mol. The highest BCUT2D eigenvalue weighted by molar-refractivity contribution is 6.02. The van der Waals surface area contributed by atoms with Crippen molar-refractivity contribution in [3.8, 4) is 11.3 Å². The highest BCUT2D eigenvalue weighted by Gasteiger charge is 2.39. The molecule has 0 aliphatic carbocycles. The monoisotopic (exact) mass is 446 g/mol. The summed E-state index contributed by atoms with van der Waals surface area (Å²) in [5.41, 5.74) is 6.81. The second-order valence-electron chi connectivity index (χ2n) is 8.69. The molecule has 3 nitrogen and oxygen atoms in total. The lowest BCUT2D eigenvalue weighted by molar-refractivity contribution is 0.0753. The number of benzene rings is 4. The molecule has 6 rings (SSSR count). The molecule has 0 saturated carbocycles. The van der Waals surface area contributed by atoms with Crippen molar-refractivity contribution in [1.82, 2.24) is 9.88 Å². The van der Waals surface area contributed by atoms with E-state index in [1.165, 1.54) is 17.7 Å². The number of para-hydroxylation sites is 1. The minimum Gasteiger partial charge on any atom is -0.354 e. The SMILES string of the molecule is O=C1c2ccccc2[C@H](c2c(-c3ccc(F)cc3)[nH]c3ccccc23)N1CCc1ccccc1. The number of fused-ring (bicyclic) bond motifs is 2. The summed E-state index contributed by atoms with van der Waals surface area (Å²) in [6.07, 6.45) is 0.769. The molecule has 0 fully saturated rings. The van der Waals surface area contributed by atoms with Gasteiger partial charge in [0.25, 0.3) is 5.91 Å². The molecule has 34 heavy (non-hydrogen) atoms. The number of nitrogens with one attached hydrogen (secondary N) is 1. The zero-order chi connectivity index (χ0) is 23.1. The topological polar surface area (TPSA) is 36.1 Å². The first-order chi connectivity index (χ1) is 16.7. The van der Waals surface area contributed by atoms with Crippen LogP contribution in [0.25, 0.3) is 22.2 Å². The Balaban J connectivity index is 1.53. The summed E-state index contributed by atoms with van der Waals surface area (Å²) < 4.78 is 13.7. The van der Waals surface area contributed by atoms with Crippen LogP contribution >= 0.6 is 0 Å². The molecular formula is C30H23FN2O. The number of carbonyl (C=O) groups is 1. The van der Waals surface area contributed by atoms with Gasteiger partial charge in [-0.15, -0.1) is 0 Å². The summed E-state index contributed by atoms with van der Waals surface area (Å²) in [5, 5.41) is 1.07. The van der Waals surface area contributed by atoms with Crippen molar-refractivity contribution in [2.45, 2.75) is 12.5 Å². The molecule has 2 heterocycles. The van der Waals surface area contributed by atoms with E-state index in [0.717, 1.165) is 45.3 Å². The van der Waals surface area contributed by atoms with Crippen molar-refractivity contribution in [1.29, 1.82) is 0 Å². The first-order valence-corrected chi connectivity index (χ1v) is 11.5. The van der Waals surface area contributed by atoms with Crippen molar-refractivity contribution < 1.29 is 9.18 Å². The van der Waals surface area contributed by atoms with Gasteiger partial charge in [0.05, 0.1) is 11.7 Å². The summed E-state index contributed by atoms with van der Waals surface area (Å²) in [5.74, 6) is -0.223. The lowest BCUT2D eigenvalue weighted by Crippen LogP contribution is -2.31. The second-order valence-corrected chi connectivity index (χ2v) is 8.69. The van der Waals surface area contributed by atoms with E-state index in [4.69, 9.17) is 0 Å². The van der Waals surface area contributed by atoms with Crippen LogP contribution in [-0.4, -0.2) is 22.3 Å². The van der Waals surface area contributed by atoms with E-state index in [-0.39, 0.29) is 17.8 Å². The summed E-state index contributed by atoms with van der Waals surface area (Å²) in [4.78, 5) is 19.2. The van der Waals surface area contributed by atoms with E-state index in [2.05, 4.69) is 29.2 Å². The molecule has 0 bridgehead atoms. The maximum absolute atomic E-state index is 13.7. The molecule has 4 aromatic carbocycles. The molecule has 0 radical (unpaired) electrons. The van der Waals surface area contributed by atoms with E-state index < -0.39 is 0 Å². The van der Waals surface area contributed by atoms with Crippen molar-refractivity contribution >= 4 is 16.8 Å². The molecule has 5 aromatic rings. The summed E-state index contributed by atoms with van der Waals surface area (Å²) >= 11 is 0. The van der Waals surface area contributed by atoms with E-state index in [1.807, 2.05) is 59.5 Å². The molecule has 166 valence electrons. The fourth-order valence-corrected chi connectivity index (χ4v) is 5.10. The normalized spacial score (nSPS) is 15.1. The standard InChI is InChI=1S/C30H23FN2O/c31-22-16-14-21(15-17-22)28-27(25-12-6-7-13-26(25)32-28)29-23-10-4-5-11-24(23)30(34)33(29)19-18-20-8-2-1-3-9-20/h1-17,29,32H,18-19H2/t29-/m1/s1. The summed E-state index contributed by atoms with van der Waals surface area (Å²) in [6, 6.07) is 32.6. The predicted octanol–water partition coefficient (Wildman–Crippen LogP) is 6.76. The molecule has 1 aliphatic heterocycles. The molecule has 4 heteroatoms. The van der Waals surface area contributed by atoms with Crippen molar-refractivity contribution in [2.24, 2.45) is 0 Å². The number of carbonyl (C=O) groups excluding carboxylic acids is 1. The van der Waals surface area contributed by atoms with E-state index in [9.17, 15) is 9.18 Å². The van der Waals surface area contributed by atoms with Crippen LogP contribution in [-0.2, 0) is 6.42 Å². The Kier molecular flexibility index (Phi) is 4.99. The average Bonchev–Trinajstić information content (AvgIpc) is 3.39. The van der Waals surface area contributed by atoms with Gasteiger partial charge in [-0.3, -0.25) is 4.79 Å². The number of H-pyrrole nitrogens is 1. The fraction of sp³-hybridized carbons (Fsp3) is 0.100. The van der Waals surface area contributed by atoms with Crippen LogP contribution in [0.3, 0.4) is 0 Å². The van der Waals surface area contributed by atoms with Gasteiger partial charge in [-0.1, -0.05) is 66.7 Å². The lowest BCUT2D eigenvalue weighted by Gasteiger charge is -2.27. The zero-order valence-electron chi connectivity index (χ0n) is 18.5. The maximum Gasteiger partial charge on any atom is 0.255 e. The van der Waals surface area contributed by atoms with E-state index in [0.29, 0.717) is 6.54 Å². The van der Waals surface area contributed by atoms with Gasteiger partial charge in [0.2, 0.25) is 0 Å². The first kappa shape index (κ1) is 20.4. The zero-order valence-corrected chi connectivity index (χ0v) is 18.5. The van der Waals surface area contributed by atoms with Crippen LogP contribution in [0, 0.1) is 5.82 Å². The van der Waals surface area contributed by atoms with Crippen molar-refractivity contribution in [3.63, 3.8) is 0 Å². The lowest BCUT2D eigenvalue weighted by atomic mass is 9.93. The Morgan fingerprint density at radius 1 is 0.794 bits per heavy atom. The molecule has 0 unspecified atom stereocenters. The second kappa shape index (κ2) is 8.31. The van der Waals surface area contributed by atoms with Crippen LogP contribution in [0.2, 0.25) is 0 Å². The van der Waals surface area contributed by atoms with E-state index >= 15 is 0 Å². The van der Waals surface area contributed by atoms with Gasteiger partial charge in [-0.05, 0) is 59.5 Å². The van der Waals surface area contributed by atoms with Crippen LogP contribution < -0.4 is 0 Å². The van der Waals surface area contributed by atoms with Crippen LogP contribution in [0.1, 0.15) is 33.1 Å². The summed E-state index contributed by atoms with van der Waals surface area (Å²) in [7, 11) is 0. The highest BCUT2D eigenvalue weighted by atomic mass is 19.1. The number of hydrogen-bond acceptors (Lipinski definition) is 1. The minimum absolute atomic E-state index is 0.0480. The van der Waals surface area contributed by atoms with Crippen molar-refractivity contribution in [2.75, 3.05) is 6.54 Å². The third-order valence-electron chi connectivity index (χ3n) is 6.70. The first-order valence-electron chi connectivity index (χ1n) is 11.5. The molecule has 1 N–H and O–H groups in total. The van der Waals surface area contributed by atoms with Gasteiger partial charge in [0.15, 0.2) is 0 Å². The van der Waals surface area contributed by atoms with Crippen LogP contribution in [0.5, 0.6) is 0 Å². The van der Waals surface area contributed by atoms with Crippen LogP contribution in [0.15, 0.2) is 103 Å².